The normalized spacial score (nSPS) is 15.6. The molecule has 0 bridgehead atoms. The smallest absolute Gasteiger partial charge is 0.258 e. The van der Waals surface area contributed by atoms with Crippen molar-refractivity contribution < 1.29 is 0 Å². The molecular formula is C19H19ClN4O. The highest BCUT2D eigenvalue weighted by molar-refractivity contribution is 6.30. The molecule has 3 aromatic rings. The van der Waals surface area contributed by atoms with Crippen LogP contribution in [0.4, 0.5) is 5.69 Å². The highest BCUT2D eigenvalue weighted by atomic mass is 35.5. The number of benzene rings is 2. The molecule has 25 heavy (non-hydrogen) atoms. The number of anilines is 1. The van der Waals surface area contributed by atoms with Crippen molar-refractivity contribution in [3.05, 3.63) is 69.7 Å². The summed E-state index contributed by atoms with van der Waals surface area (Å²) >= 11 is 5.96. The molecule has 0 amide bonds. The zero-order valence-corrected chi connectivity index (χ0v) is 14.5. The van der Waals surface area contributed by atoms with E-state index in [0.717, 1.165) is 42.5 Å². The van der Waals surface area contributed by atoms with Gasteiger partial charge in [0.25, 0.3) is 5.56 Å². The van der Waals surface area contributed by atoms with E-state index in [1.165, 1.54) is 5.69 Å². The van der Waals surface area contributed by atoms with E-state index in [1.54, 1.807) is 6.07 Å². The number of piperazine rings is 1. The van der Waals surface area contributed by atoms with Gasteiger partial charge in [-0.3, -0.25) is 9.69 Å². The molecule has 1 fully saturated rings. The minimum absolute atomic E-state index is 0.0691. The van der Waals surface area contributed by atoms with Gasteiger partial charge in [0.05, 0.1) is 17.4 Å². The molecule has 6 heteroatoms. The molecule has 0 radical (unpaired) electrons. The number of rotatable bonds is 3. The van der Waals surface area contributed by atoms with Gasteiger partial charge in [0.15, 0.2) is 0 Å². The standard InChI is InChI=1S/C19H19ClN4O/c20-14-5-7-15(8-6-14)24-11-9-23(10-12-24)13-18-21-17-4-2-1-3-16(17)19(25)22-18/h1-8H,9-13H2,(H,21,22,25). The molecule has 1 aliphatic heterocycles. The maximum Gasteiger partial charge on any atom is 0.258 e. The minimum Gasteiger partial charge on any atom is -0.369 e. The molecule has 1 N–H and O–H groups in total. The van der Waals surface area contributed by atoms with Gasteiger partial charge >= 0.3 is 0 Å². The van der Waals surface area contributed by atoms with Crippen LogP contribution in [0.5, 0.6) is 0 Å². The van der Waals surface area contributed by atoms with Gasteiger partial charge in [-0.05, 0) is 36.4 Å². The lowest BCUT2D eigenvalue weighted by Gasteiger charge is -2.35. The molecule has 0 unspecified atom stereocenters. The molecule has 4 rings (SSSR count). The van der Waals surface area contributed by atoms with Crippen molar-refractivity contribution >= 4 is 28.2 Å². The minimum atomic E-state index is -0.0691. The molecule has 1 aliphatic rings. The second kappa shape index (κ2) is 6.86. The van der Waals surface area contributed by atoms with Crippen molar-refractivity contribution in [2.24, 2.45) is 0 Å². The number of nitrogens with zero attached hydrogens (tertiary/aromatic N) is 3. The van der Waals surface area contributed by atoms with Gasteiger partial charge in [0.1, 0.15) is 5.82 Å². The quantitative estimate of drug-likeness (QED) is 0.785. The van der Waals surface area contributed by atoms with Gasteiger partial charge in [0.2, 0.25) is 0 Å². The zero-order valence-electron chi connectivity index (χ0n) is 13.8. The number of hydrogen-bond acceptors (Lipinski definition) is 4. The molecule has 0 spiro atoms. The number of fused-ring (bicyclic) bond motifs is 1. The Kier molecular flexibility index (Phi) is 4.42. The molecule has 5 nitrogen and oxygen atoms in total. The summed E-state index contributed by atoms with van der Waals surface area (Å²) < 4.78 is 0. The summed E-state index contributed by atoms with van der Waals surface area (Å²) in [5.41, 5.74) is 1.88. The molecule has 0 atom stereocenters. The number of para-hydroxylation sites is 1. The lowest BCUT2D eigenvalue weighted by Crippen LogP contribution is -2.46. The van der Waals surface area contributed by atoms with Crippen molar-refractivity contribution in [2.45, 2.75) is 6.54 Å². The van der Waals surface area contributed by atoms with Crippen molar-refractivity contribution in [1.29, 1.82) is 0 Å². The molecule has 2 aromatic carbocycles. The molecule has 0 aliphatic carbocycles. The van der Waals surface area contributed by atoms with Gasteiger partial charge in [-0.15, -0.1) is 0 Å². The summed E-state index contributed by atoms with van der Waals surface area (Å²) in [6.07, 6.45) is 0. The SMILES string of the molecule is O=c1[nH]c(CN2CCN(c3ccc(Cl)cc3)CC2)nc2ccccc12. The predicted octanol–water partition coefficient (Wildman–Crippen LogP) is 2.90. The van der Waals surface area contributed by atoms with E-state index in [2.05, 4.69) is 31.9 Å². The summed E-state index contributed by atoms with van der Waals surface area (Å²) in [7, 11) is 0. The van der Waals surface area contributed by atoms with Crippen molar-refractivity contribution in [3.8, 4) is 0 Å². The van der Waals surface area contributed by atoms with E-state index in [4.69, 9.17) is 11.6 Å². The Balaban J connectivity index is 1.43. The Hall–Kier alpha value is -2.37. The summed E-state index contributed by atoms with van der Waals surface area (Å²) in [4.78, 5) is 24.3. The summed E-state index contributed by atoms with van der Waals surface area (Å²) in [6.45, 7) is 4.41. The van der Waals surface area contributed by atoms with Crippen LogP contribution in [-0.2, 0) is 6.54 Å². The van der Waals surface area contributed by atoms with E-state index >= 15 is 0 Å². The number of aromatic nitrogens is 2. The Bertz CT molecular complexity index is 930. The van der Waals surface area contributed by atoms with Gasteiger partial charge in [-0.25, -0.2) is 4.98 Å². The van der Waals surface area contributed by atoms with E-state index in [9.17, 15) is 4.79 Å². The lowest BCUT2D eigenvalue weighted by molar-refractivity contribution is 0.244. The fourth-order valence-electron chi connectivity index (χ4n) is 3.24. The first-order chi connectivity index (χ1) is 12.2. The first-order valence-electron chi connectivity index (χ1n) is 8.40. The Labute approximate surface area is 150 Å². The second-order valence-electron chi connectivity index (χ2n) is 6.27. The van der Waals surface area contributed by atoms with E-state index in [1.807, 2.05) is 30.3 Å². The van der Waals surface area contributed by atoms with Crippen LogP contribution in [0.15, 0.2) is 53.3 Å². The van der Waals surface area contributed by atoms with E-state index in [-0.39, 0.29) is 5.56 Å². The highest BCUT2D eigenvalue weighted by Crippen LogP contribution is 2.19. The number of hydrogen-bond donors (Lipinski definition) is 1. The van der Waals surface area contributed by atoms with Crippen LogP contribution in [0.3, 0.4) is 0 Å². The fraction of sp³-hybridized carbons (Fsp3) is 0.263. The average molecular weight is 355 g/mol. The Morgan fingerprint density at radius 1 is 1.00 bits per heavy atom. The predicted molar refractivity (Wildman–Crippen MR) is 101 cm³/mol. The van der Waals surface area contributed by atoms with Gasteiger partial charge in [-0.2, -0.15) is 0 Å². The fourth-order valence-corrected chi connectivity index (χ4v) is 3.36. The van der Waals surface area contributed by atoms with Gasteiger partial charge in [0, 0.05) is 36.9 Å². The molecule has 128 valence electrons. The molecule has 1 aromatic heterocycles. The largest absolute Gasteiger partial charge is 0.369 e. The zero-order chi connectivity index (χ0) is 17.2. The van der Waals surface area contributed by atoms with E-state index in [0.29, 0.717) is 11.9 Å². The maximum atomic E-state index is 12.2. The van der Waals surface area contributed by atoms with Crippen LogP contribution in [0.1, 0.15) is 5.82 Å². The maximum absolute atomic E-state index is 12.2. The number of halogens is 1. The summed E-state index contributed by atoms with van der Waals surface area (Å²) in [6, 6.07) is 15.4. The van der Waals surface area contributed by atoms with Gasteiger partial charge in [-0.1, -0.05) is 23.7 Å². The number of H-pyrrole nitrogens is 1. The van der Waals surface area contributed by atoms with E-state index < -0.39 is 0 Å². The summed E-state index contributed by atoms with van der Waals surface area (Å²) in [5, 5.41) is 1.40. The first kappa shape index (κ1) is 16.1. The Morgan fingerprint density at radius 3 is 2.48 bits per heavy atom. The molecule has 1 saturated heterocycles. The highest BCUT2D eigenvalue weighted by Gasteiger charge is 2.18. The van der Waals surface area contributed by atoms with Gasteiger partial charge < -0.3 is 9.88 Å². The van der Waals surface area contributed by atoms with Crippen molar-refractivity contribution in [2.75, 3.05) is 31.1 Å². The van der Waals surface area contributed by atoms with Crippen molar-refractivity contribution in [1.82, 2.24) is 14.9 Å². The molecule has 2 heterocycles. The third-order valence-electron chi connectivity index (χ3n) is 4.60. The topological polar surface area (TPSA) is 52.2 Å². The van der Waals surface area contributed by atoms with Crippen LogP contribution in [0.25, 0.3) is 10.9 Å². The number of nitrogens with one attached hydrogen (secondary N) is 1. The molecule has 0 saturated carbocycles. The van der Waals surface area contributed by atoms with Crippen LogP contribution in [0, 0.1) is 0 Å². The monoisotopic (exact) mass is 354 g/mol. The van der Waals surface area contributed by atoms with Crippen LogP contribution in [0.2, 0.25) is 5.02 Å². The summed E-state index contributed by atoms with van der Waals surface area (Å²) in [5.74, 6) is 0.726. The Morgan fingerprint density at radius 2 is 1.72 bits per heavy atom. The lowest BCUT2D eigenvalue weighted by atomic mass is 10.2. The first-order valence-corrected chi connectivity index (χ1v) is 8.78. The second-order valence-corrected chi connectivity index (χ2v) is 6.71. The van der Waals surface area contributed by atoms with Crippen LogP contribution in [-0.4, -0.2) is 41.0 Å². The van der Waals surface area contributed by atoms with Crippen LogP contribution >= 0.6 is 11.6 Å². The van der Waals surface area contributed by atoms with Crippen molar-refractivity contribution in [3.63, 3.8) is 0 Å². The molecular weight excluding hydrogens is 336 g/mol. The van der Waals surface area contributed by atoms with Crippen LogP contribution < -0.4 is 10.5 Å². The third-order valence-corrected chi connectivity index (χ3v) is 4.85. The number of aromatic amines is 1. The third kappa shape index (κ3) is 3.52. The average Bonchev–Trinajstić information content (AvgIpc) is 2.63.